The second kappa shape index (κ2) is 5.08. The van der Waals surface area contributed by atoms with E-state index in [9.17, 15) is 18.0 Å². The summed E-state index contributed by atoms with van der Waals surface area (Å²) in [5, 5.41) is 0. The van der Waals surface area contributed by atoms with Crippen LogP contribution >= 0.6 is 15.9 Å². The third-order valence-corrected chi connectivity index (χ3v) is 2.86. The van der Waals surface area contributed by atoms with Crippen LogP contribution in [0.2, 0.25) is 0 Å². The number of ether oxygens (including phenoxy) is 1. The maximum Gasteiger partial charge on any atom is 0.417 e. The maximum atomic E-state index is 12.6. The minimum absolute atomic E-state index is 0.0603. The van der Waals surface area contributed by atoms with Gasteiger partial charge in [0.05, 0.1) is 22.2 Å². The van der Waals surface area contributed by atoms with E-state index in [1.165, 1.54) is 6.92 Å². The van der Waals surface area contributed by atoms with Crippen LogP contribution in [-0.4, -0.2) is 12.4 Å². The molecule has 0 fully saturated rings. The lowest BCUT2D eigenvalue weighted by Gasteiger charge is -2.15. The molecular weight excluding hydrogens is 301 g/mol. The summed E-state index contributed by atoms with van der Waals surface area (Å²) in [6.07, 6.45) is -4.49. The van der Waals surface area contributed by atoms with Crippen LogP contribution in [0.1, 0.15) is 29.8 Å². The highest BCUT2D eigenvalue weighted by atomic mass is 79.9. The first-order valence-corrected chi connectivity index (χ1v) is 5.61. The van der Waals surface area contributed by atoms with E-state index in [1.54, 1.807) is 6.92 Å². The van der Waals surface area contributed by atoms with Gasteiger partial charge in [-0.25, -0.2) is 0 Å². The molecule has 0 aliphatic rings. The Bertz CT molecular complexity index is 441. The Hall–Kier alpha value is -1.04. The Balaban J connectivity index is 3.43. The Morgan fingerprint density at radius 1 is 1.41 bits per heavy atom. The third kappa shape index (κ3) is 3.00. The minimum atomic E-state index is -4.49. The summed E-state index contributed by atoms with van der Waals surface area (Å²) >= 11 is 2.84. The summed E-state index contributed by atoms with van der Waals surface area (Å²) in [5.41, 5.74) is -0.724. The standard InChI is InChI=1S/C11H10BrF3O2/c1-3-17-10-7(6(2)16)4-5-8(9(10)12)11(13,14)15/h4-5H,3H2,1-2H3. The summed E-state index contributed by atoms with van der Waals surface area (Å²) in [6.45, 7) is 3.09. The van der Waals surface area contributed by atoms with Crippen molar-refractivity contribution in [3.63, 3.8) is 0 Å². The molecule has 0 spiro atoms. The molecule has 0 aromatic heterocycles. The van der Waals surface area contributed by atoms with Crippen LogP contribution in [0.15, 0.2) is 16.6 Å². The molecular formula is C11H10BrF3O2. The molecule has 2 nitrogen and oxygen atoms in total. The lowest BCUT2D eigenvalue weighted by molar-refractivity contribution is -0.138. The number of benzene rings is 1. The molecule has 0 saturated heterocycles. The van der Waals surface area contributed by atoms with Crippen molar-refractivity contribution < 1.29 is 22.7 Å². The van der Waals surface area contributed by atoms with Crippen molar-refractivity contribution >= 4 is 21.7 Å². The topological polar surface area (TPSA) is 26.3 Å². The molecule has 0 amide bonds. The first-order valence-electron chi connectivity index (χ1n) is 4.82. The molecule has 6 heteroatoms. The minimum Gasteiger partial charge on any atom is -0.492 e. The molecule has 1 aromatic carbocycles. The van der Waals surface area contributed by atoms with Gasteiger partial charge in [-0.2, -0.15) is 13.2 Å². The van der Waals surface area contributed by atoms with Crippen LogP contribution in [-0.2, 0) is 6.18 Å². The Kier molecular flexibility index (Phi) is 4.19. The lowest BCUT2D eigenvalue weighted by Crippen LogP contribution is -2.10. The molecule has 0 aliphatic heterocycles. The zero-order valence-corrected chi connectivity index (χ0v) is 10.8. The quantitative estimate of drug-likeness (QED) is 0.787. The summed E-state index contributed by atoms with van der Waals surface area (Å²) in [6, 6.07) is 1.99. The molecule has 0 aliphatic carbocycles. The van der Waals surface area contributed by atoms with Gasteiger partial charge in [-0.05, 0) is 41.9 Å². The van der Waals surface area contributed by atoms with Crippen LogP contribution < -0.4 is 4.74 Å². The van der Waals surface area contributed by atoms with Gasteiger partial charge < -0.3 is 4.74 Å². The summed E-state index contributed by atoms with van der Waals surface area (Å²) in [5.74, 6) is -0.405. The van der Waals surface area contributed by atoms with Gasteiger partial charge in [0.15, 0.2) is 5.78 Å². The van der Waals surface area contributed by atoms with Crippen LogP contribution in [0.25, 0.3) is 0 Å². The fourth-order valence-corrected chi connectivity index (χ4v) is 2.02. The summed E-state index contributed by atoms with van der Waals surface area (Å²) < 4.78 is 42.8. The molecule has 0 unspecified atom stereocenters. The number of ketones is 1. The molecule has 0 heterocycles. The monoisotopic (exact) mass is 310 g/mol. The zero-order chi connectivity index (χ0) is 13.2. The number of alkyl halides is 3. The smallest absolute Gasteiger partial charge is 0.417 e. The molecule has 0 radical (unpaired) electrons. The van der Waals surface area contributed by atoms with Crippen molar-refractivity contribution in [2.45, 2.75) is 20.0 Å². The normalized spacial score (nSPS) is 11.4. The van der Waals surface area contributed by atoms with Gasteiger partial charge in [0, 0.05) is 0 Å². The van der Waals surface area contributed by atoms with Crippen molar-refractivity contribution in [2.24, 2.45) is 0 Å². The van der Waals surface area contributed by atoms with Crippen LogP contribution in [0.4, 0.5) is 13.2 Å². The highest BCUT2D eigenvalue weighted by Gasteiger charge is 2.35. The first kappa shape index (κ1) is 14.0. The molecule has 17 heavy (non-hydrogen) atoms. The second-order valence-electron chi connectivity index (χ2n) is 3.29. The molecule has 0 saturated carbocycles. The van der Waals surface area contributed by atoms with Gasteiger partial charge in [-0.3, -0.25) is 4.79 Å². The van der Waals surface area contributed by atoms with E-state index in [-0.39, 0.29) is 28.2 Å². The van der Waals surface area contributed by atoms with Crippen molar-refractivity contribution in [3.05, 3.63) is 27.7 Å². The van der Waals surface area contributed by atoms with E-state index < -0.39 is 11.7 Å². The van der Waals surface area contributed by atoms with Gasteiger partial charge in [-0.15, -0.1) is 0 Å². The highest BCUT2D eigenvalue weighted by molar-refractivity contribution is 9.10. The van der Waals surface area contributed by atoms with E-state index in [1.807, 2.05) is 0 Å². The van der Waals surface area contributed by atoms with Gasteiger partial charge in [0.2, 0.25) is 0 Å². The van der Waals surface area contributed by atoms with E-state index in [0.29, 0.717) is 0 Å². The van der Waals surface area contributed by atoms with Crippen molar-refractivity contribution in [2.75, 3.05) is 6.61 Å². The van der Waals surface area contributed by atoms with E-state index in [2.05, 4.69) is 15.9 Å². The average Bonchev–Trinajstić information content (AvgIpc) is 2.18. The van der Waals surface area contributed by atoms with E-state index in [0.717, 1.165) is 12.1 Å². The molecule has 94 valence electrons. The molecule has 0 bridgehead atoms. The Morgan fingerprint density at radius 3 is 2.41 bits per heavy atom. The molecule has 0 atom stereocenters. The zero-order valence-electron chi connectivity index (χ0n) is 9.19. The number of halogens is 4. The largest absolute Gasteiger partial charge is 0.492 e. The van der Waals surface area contributed by atoms with Crippen molar-refractivity contribution in [1.29, 1.82) is 0 Å². The fraction of sp³-hybridized carbons (Fsp3) is 0.364. The van der Waals surface area contributed by atoms with Gasteiger partial charge in [0.25, 0.3) is 0 Å². The van der Waals surface area contributed by atoms with Crippen molar-refractivity contribution in [3.8, 4) is 5.75 Å². The van der Waals surface area contributed by atoms with Gasteiger partial charge in [0.1, 0.15) is 5.75 Å². The molecule has 0 N–H and O–H groups in total. The molecule has 1 aromatic rings. The Morgan fingerprint density at radius 2 is 2.00 bits per heavy atom. The first-order chi connectivity index (χ1) is 7.79. The van der Waals surface area contributed by atoms with Gasteiger partial charge >= 0.3 is 6.18 Å². The fourth-order valence-electron chi connectivity index (χ4n) is 1.34. The van der Waals surface area contributed by atoms with Gasteiger partial charge in [-0.1, -0.05) is 0 Å². The highest BCUT2D eigenvalue weighted by Crippen LogP contribution is 2.41. The SMILES string of the molecule is CCOc1c(C(C)=O)ccc(C(F)(F)F)c1Br. The number of carbonyl (C=O) groups is 1. The van der Waals surface area contributed by atoms with Crippen LogP contribution in [0.3, 0.4) is 0 Å². The maximum absolute atomic E-state index is 12.6. The second-order valence-corrected chi connectivity index (χ2v) is 4.08. The predicted octanol–water partition coefficient (Wildman–Crippen LogP) is 4.07. The number of hydrogen-bond donors (Lipinski definition) is 0. The predicted molar refractivity (Wildman–Crippen MR) is 60.3 cm³/mol. The molecule has 1 rings (SSSR count). The van der Waals surface area contributed by atoms with Crippen molar-refractivity contribution in [1.82, 2.24) is 0 Å². The van der Waals surface area contributed by atoms with Crippen LogP contribution in [0, 0.1) is 0 Å². The number of hydrogen-bond acceptors (Lipinski definition) is 2. The van der Waals surface area contributed by atoms with E-state index in [4.69, 9.17) is 4.74 Å². The number of rotatable bonds is 3. The summed E-state index contributed by atoms with van der Waals surface area (Å²) in [4.78, 5) is 11.3. The van der Waals surface area contributed by atoms with Crippen LogP contribution in [0.5, 0.6) is 5.75 Å². The third-order valence-electron chi connectivity index (χ3n) is 2.07. The van der Waals surface area contributed by atoms with E-state index >= 15 is 0 Å². The number of Topliss-reactive ketones (excluding diaryl/α,β-unsaturated/α-hetero) is 1. The Labute approximate surface area is 105 Å². The number of carbonyl (C=O) groups excluding carboxylic acids is 1. The average molecular weight is 311 g/mol. The lowest BCUT2D eigenvalue weighted by atomic mass is 10.1. The summed E-state index contributed by atoms with van der Waals surface area (Å²) in [7, 11) is 0.